The molecule has 0 aliphatic carbocycles. The summed E-state index contributed by atoms with van der Waals surface area (Å²) in [5.74, 6) is 0. The van der Waals surface area contributed by atoms with Gasteiger partial charge in [0, 0.05) is 0 Å². The van der Waals surface area contributed by atoms with Gasteiger partial charge in [-0.15, -0.1) is 0 Å². The molecule has 36 nitrogen and oxygen atoms in total. The van der Waals surface area contributed by atoms with Crippen LogP contribution in [0.25, 0.3) is 144 Å². The topological polar surface area (TPSA) is 563 Å². The van der Waals surface area contributed by atoms with Crippen molar-refractivity contribution in [1.82, 2.24) is 0 Å². The molecular formula is C81H216N27O9Ti6Zr3. The van der Waals surface area contributed by atoms with E-state index in [-0.39, 0.29) is 209 Å². The van der Waals surface area contributed by atoms with Crippen LogP contribution >= 0.6 is 0 Å². The van der Waals surface area contributed by atoms with E-state index in [9.17, 15) is 0 Å². The van der Waals surface area contributed by atoms with Crippen LogP contribution in [0, 0.1) is 0 Å². The van der Waals surface area contributed by atoms with Crippen LogP contribution in [0.3, 0.4) is 0 Å². The Hall–Kier alpha value is 5.50. The molecule has 0 saturated heterocycles. The Kier molecular flexibility index (Phi) is 710. The Bertz CT molecular complexity index is 828. The van der Waals surface area contributed by atoms with Crippen molar-refractivity contribution in [2.45, 2.75) is 243 Å². The molecule has 0 fully saturated rings. The first-order valence-corrected chi connectivity index (χ1v) is 40.3. The van der Waals surface area contributed by atoms with Gasteiger partial charge < -0.3 is 190 Å². The first kappa shape index (κ1) is 246. The minimum atomic E-state index is -0.491. The van der Waals surface area contributed by atoms with Crippen LogP contribution in [0.4, 0.5) is 0 Å². The molecular weight excluding hydrogens is 2060 g/mol. The van der Waals surface area contributed by atoms with Gasteiger partial charge in [-0.2, -0.15) is 308 Å². The molecule has 0 saturated carbocycles. The summed E-state index contributed by atoms with van der Waals surface area (Å²) in [6.07, 6.45) is -4.42. The standard InChI is InChI=1S/6C4H10N.9C3H8NO.6C3H8N.6C2H6N.6Ti.3Zr/c6*1-3-5-4-2;9*1-3(5)4-2;6*1-3-4-2;6*1-3-2;;;;;;;;;/h6*3-4H2,1-2H3;9*3,5H,1-2H3;6*3H2,1-2H3;6*1-2H3;;;;;;;;;/q27*-1;9*+3. The molecule has 0 bridgehead atoms. The average Bonchev–Trinajstić information content (AvgIpc) is 1.32. The van der Waals surface area contributed by atoms with E-state index in [1.165, 1.54) is 0 Å². The monoisotopic (exact) mass is 2270 g/mol. The molecule has 0 spiro atoms. The molecule has 0 heterocycles. The van der Waals surface area contributed by atoms with Gasteiger partial charge in [0.1, 0.15) is 0 Å². The molecule has 0 aromatic carbocycles. The molecule has 0 rings (SSSR count). The third-order valence-corrected chi connectivity index (χ3v) is 7.94. The van der Waals surface area contributed by atoms with E-state index in [2.05, 4.69) is 144 Å². The second kappa shape index (κ2) is 364. The van der Waals surface area contributed by atoms with E-state index < -0.39 is 56.1 Å². The van der Waals surface area contributed by atoms with Gasteiger partial charge >= 0.3 is 209 Å². The van der Waals surface area contributed by atoms with Gasteiger partial charge in [0.2, 0.25) is 0 Å². The summed E-state index contributed by atoms with van der Waals surface area (Å²) in [5.41, 5.74) is 0. The predicted molar refractivity (Wildman–Crippen MR) is 546 cm³/mol. The van der Waals surface area contributed by atoms with Crippen LogP contribution in [-0.2, 0) is 209 Å². The SMILES string of the molecule is CC[N-]C.CC[N-]C.CC[N-]C.CC[N-]C.CC[N-]C.CC[N-]C.CC[N-]CC.CC[N-]CC.CC[N-]CC.CC[N-]CC.CC[N-]CC.CC[N-]CC.C[N-]C.C[N-]C.C[N-]C.C[N-]C.C[N-]C.C[N-]C.C[N-]C(C)O.C[N-]C(C)O.C[N-]C(C)O.C[N-]C(C)O.C[N-]C(C)O.C[N-]C(C)O.C[N-]C(C)O.C[N-]C(C)O.C[N-]C(C)O.[Ti+3].[Ti+3].[Ti+3].[Ti+3].[Ti+3].[Ti+3].[Zr+3].[Zr+3].[Zr+3]. The van der Waals surface area contributed by atoms with Crippen LogP contribution in [-0.4, -0.2) is 410 Å². The van der Waals surface area contributed by atoms with E-state index in [1.807, 2.05) is 125 Å². The van der Waals surface area contributed by atoms with E-state index in [0.29, 0.717) is 0 Å². The second-order valence-electron chi connectivity index (χ2n) is 19.6. The van der Waals surface area contributed by atoms with Gasteiger partial charge in [0.05, 0.1) is 0 Å². The third-order valence-electron chi connectivity index (χ3n) is 7.94. The summed E-state index contributed by atoms with van der Waals surface area (Å²) in [6, 6.07) is 0. The summed E-state index contributed by atoms with van der Waals surface area (Å²) >= 11 is 0. The molecule has 0 aromatic heterocycles. The molecule has 45 heteroatoms. The smallest absolute Gasteiger partial charge is 0.668 e. The quantitative estimate of drug-likeness (QED) is 0.0352. The Morgan fingerprint density at radius 2 is 0.167 bits per heavy atom. The maximum atomic E-state index is 8.19. The fraction of sp³-hybridized carbons (Fsp3) is 1.00. The van der Waals surface area contributed by atoms with Crippen LogP contribution in [0.15, 0.2) is 0 Å². The minimum Gasteiger partial charge on any atom is -0.668 e. The van der Waals surface area contributed by atoms with Crippen molar-refractivity contribution in [3.05, 3.63) is 144 Å². The van der Waals surface area contributed by atoms with Crippen molar-refractivity contribution in [2.75, 3.05) is 308 Å². The van der Waals surface area contributed by atoms with Crippen molar-refractivity contribution in [2.24, 2.45) is 0 Å². The minimum absolute atomic E-state index is 0. The molecule has 0 amide bonds. The molecule has 9 radical (unpaired) electrons. The van der Waals surface area contributed by atoms with Crippen LogP contribution in [0.1, 0.15) is 187 Å². The molecule has 765 valence electrons. The Morgan fingerprint density at radius 1 is 0.135 bits per heavy atom. The van der Waals surface area contributed by atoms with E-state index in [0.717, 1.165) is 118 Å². The fourth-order valence-corrected chi connectivity index (χ4v) is 1.34. The van der Waals surface area contributed by atoms with Gasteiger partial charge in [-0.1, -0.05) is 187 Å². The largest absolute Gasteiger partial charge is 3.00 e. The summed E-state index contributed by atoms with van der Waals surface area (Å²) in [7, 11) is 46.0. The summed E-state index contributed by atoms with van der Waals surface area (Å²) in [6.45, 7) is 68.4. The number of aliphatic hydroxyl groups is 9. The average molecular weight is 2270 g/mol. The van der Waals surface area contributed by atoms with Gasteiger partial charge in [-0.25, -0.2) is 0 Å². The van der Waals surface area contributed by atoms with Crippen molar-refractivity contribution in [3.63, 3.8) is 0 Å². The van der Waals surface area contributed by atoms with E-state index in [4.69, 9.17) is 46.0 Å². The number of nitrogens with zero attached hydrogens (tertiary/aromatic N) is 27. The predicted octanol–water partition coefficient (Wildman–Crippen LogP) is 21.1. The fourth-order valence-electron chi connectivity index (χ4n) is 1.34. The zero-order valence-corrected chi connectivity index (χ0v) is 109. The Labute approximate surface area is 939 Å². The van der Waals surface area contributed by atoms with Crippen molar-refractivity contribution in [3.8, 4) is 0 Å². The van der Waals surface area contributed by atoms with Gasteiger partial charge in [0.15, 0.2) is 0 Å². The third kappa shape index (κ3) is 1240. The molecule has 0 aromatic rings. The molecule has 0 aliphatic heterocycles. The van der Waals surface area contributed by atoms with Crippen LogP contribution in [0.5, 0.6) is 0 Å². The number of hydrogen-bond donors (Lipinski definition) is 9. The second-order valence-corrected chi connectivity index (χ2v) is 19.6. The molecule has 9 N–H and O–H groups in total. The zero-order chi connectivity index (χ0) is 100. The molecule has 0 aliphatic rings. The number of hydrogen-bond acceptors (Lipinski definition) is 9. The maximum Gasteiger partial charge on any atom is 3.00 e. The summed E-state index contributed by atoms with van der Waals surface area (Å²) < 4.78 is 0. The van der Waals surface area contributed by atoms with Crippen molar-refractivity contribution in [1.29, 1.82) is 0 Å². The van der Waals surface area contributed by atoms with Gasteiger partial charge in [0.25, 0.3) is 0 Å². The molecule has 9 unspecified atom stereocenters. The van der Waals surface area contributed by atoms with Crippen LogP contribution < -0.4 is 0 Å². The first-order chi connectivity index (χ1) is 54.9. The number of rotatable bonds is 27. The normalized spacial score (nSPS) is 9.64. The van der Waals surface area contributed by atoms with Crippen LogP contribution in [0.2, 0.25) is 0 Å². The van der Waals surface area contributed by atoms with Crippen molar-refractivity contribution >= 4 is 0 Å². The van der Waals surface area contributed by atoms with Gasteiger partial charge in [-0.05, 0) is 56.1 Å². The van der Waals surface area contributed by atoms with E-state index >= 15 is 0 Å². The Morgan fingerprint density at radius 3 is 0.167 bits per heavy atom. The maximum absolute atomic E-state index is 8.19. The van der Waals surface area contributed by atoms with E-state index in [1.54, 1.807) is 253 Å². The zero-order valence-electron chi connectivity index (χ0n) is 92.5. The Balaban J connectivity index is -0.0000000196. The van der Waals surface area contributed by atoms with Gasteiger partial charge in [-0.3, -0.25) is 0 Å². The van der Waals surface area contributed by atoms with Crippen molar-refractivity contribution < 1.29 is 255 Å². The number of aliphatic hydroxyl groups excluding tert-OH is 9. The summed E-state index contributed by atoms with van der Waals surface area (Å²) in [4.78, 5) is 0. The first-order valence-electron chi connectivity index (χ1n) is 40.3. The summed E-state index contributed by atoms with van der Waals surface area (Å²) in [5, 5.41) is 172. The molecule has 9 atom stereocenters. The molecule has 126 heavy (non-hydrogen) atoms.